The van der Waals surface area contributed by atoms with Gasteiger partial charge in [-0.2, -0.15) is 0 Å². The molecule has 0 amide bonds. The molecule has 0 aliphatic rings. The zero-order valence-electron chi connectivity index (χ0n) is 14.7. The molecule has 0 atom stereocenters. The predicted octanol–water partition coefficient (Wildman–Crippen LogP) is 3.43. The number of hydrogen-bond acceptors (Lipinski definition) is 3. The van der Waals surface area contributed by atoms with Gasteiger partial charge in [0.25, 0.3) is 5.56 Å². The fourth-order valence-electron chi connectivity index (χ4n) is 2.88. The molecule has 4 rings (SSSR count). The molecule has 0 aliphatic carbocycles. The fourth-order valence-corrected chi connectivity index (χ4v) is 2.88. The number of fused-ring (bicyclic) bond motifs is 1. The van der Waals surface area contributed by atoms with E-state index in [-0.39, 0.29) is 5.56 Å². The second kappa shape index (κ2) is 7.67. The second-order valence-electron chi connectivity index (χ2n) is 6.23. The van der Waals surface area contributed by atoms with Gasteiger partial charge in [-0.15, -0.1) is 0 Å². The van der Waals surface area contributed by atoms with Crippen molar-refractivity contribution in [3.63, 3.8) is 0 Å². The van der Waals surface area contributed by atoms with Crippen LogP contribution in [-0.2, 0) is 13.0 Å². The maximum atomic E-state index is 12.8. The fraction of sp³-hybridized carbons (Fsp3) is 0.0870. The topological polar surface area (TPSA) is 47.8 Å². The molecule has 0 N–H and O–H groups in total. The van der Waals surface area contributed by atoms with Gasteiger partial charge < -0.3 is 0 Å². The van der Waals surface area contributed by atoms with Crippen molar-refractivity contribution >= 4 is 10.9 Å². The highest BCUT2D eigenvalue weighted by molar-refractivity contribution is 5.79. The first kappa shape index (κ1) is 16.7. The summed E-state index contributed by atoms with van der Waals surface area (Å²) in [5.74, 6) is 6.32. The van der Waals surface area contributed by atoms with Crippen LogP contribution in [0.5, 0.6) is 0 Å². The molecule has 0 aliphatic heterocycles. The minimum absolute atomic E-state index is 0.0662. The third-order valence-corrected chi connectivity index (χ3v) is 4.29. The zero-order chi connectivity index (χ0) is 18.5. The molecule has 0 fully saturated rings. The van der Waals surface area contributed by atoms with E-state index in [4.69, 9.17) is 0 Å². The van der Waals surface area contributed by atoms with Crippen molar-refractivity contribution in [2.24, 2.45) is 0 Å². The largest absolute Gasteiger partial charge is 0.294 e. The van der Waals surface area contributed by atoms with E-state index in [1.165, 1.54) is 5.56 Å². The van der Waals surface area contributed by atoms with Gasteiger partial charge in [-0.25, -0.2) is 4.98 Å². The molecular formula is C23H17N3O. The summed E-state index contributed by atoms with van der Waals surface area (Å²) in [7, 11) is 0. The lowest BCUT2D eigenvalue weighted by Crippen LogP contribution is -2.21. The van der Waals surface area contributed by atoms with Gasteiger partial charge in [0.15, 0.2) is 0 Å². The molecule has 0 spiro atoms. The highest BCUT2D eigenvalue weighted by Crippen LogP contribution is 2.10. The summed E-state index contributed by atoms with van der Waals surface area (Å²) in [6.07, 6.45) is 5.70. The molecule has 0 saturated heterocycles. The number of benzene rings is 2. The average molecular weight is 351 g/mol. The van der Waals surface area contributed by atoms with Crippen LogP contribution in [0, 0.1) is 11.8 Å². The van der Waals surface area contributed by atoms with E-state index >= 15 is 0 Å². The Morgan fingerprint density at radius 1 is 0.926 bits per heavy atom. The molecule has 27 heavy (non-hydrogen) atoms. The lowest BCUT2D eigenvalue weighted by atomic mass is 10.1. The SMILES string of the molecule is O=c1c2cc(C#CCc3ccccc3)ccc2ncn1Cc1ccncc1. The standard InChI is InChI=1S/C23H17N3O/c27-23-21-15-19(8-4-7-18-5-2-1-3-6-18)9-10-22(21)25-17-26(23)16-20-11-13-24-14-12-20/h1-3,5-6,9-15,17H,7,16H2. The maximum Gasteiger partial charge on any atom is 0.261 e. The second-order valence-corrected chi connectivity index (χ2v) is 6.23. The normalized spacial score (nSPS) is 10.4. The van der Waals surface area contributed by atoms with E-state index in [0.717, 1.165) is 11.1 Å². The van der Waals surface area contributed by atoms with Crippen LogP contribution in [0.25, 0.3) is 10.9 Å². The Bertz CT molecular complexity index is 1190. The molecule has 2 aromatic heterocycles. The molecule has 130 valence electrons. The Morgan fingerprint density at radius 3 is 2.56 bits per heavy atom. The Morgan fingerprint density at radius 2 is 1.74 bits per heavy atom. The Labute approximate surface area is 157 Å². The van der Waals surface area contributed by atoms with Crippen LogP contribution in [0.15, 0.2) is 84.2 Å². The van der Waals surface area contributed by atoms with Crippen molar-refractivity contribution in [2.45, 2.75) is 13.0 Å². The number of hydrogen-bond donors (Lipinski definition) is 0. The van der Waals surface area contributed by atoms with E-state index < -0.39 is 0 Å². The highest BCUT2D eigenvalue weighted by atomic mass is 16.1. The summed E-state index contributed by atoms with van der Waals surface area (Å²) in [5, 5.41) is 0.582. The number of rotatable bonds is 3. The molecule has 0 saturated carbocycles. The Hall–Kier alpha value is -3.71. The average Bonchev–Trinajstić information content (AvgIpc) is 2.72. The Kier molecular flexibility index (Phi) is 4.76. The van der Waals surface area contributed by atoms with Gasteiger partial charge in [0.2, 0.25) is 0 Å². The van der Waals surface area contributed by atoms with Crippen molar-refractivity contribution in [3.05, 3.63) is 106 Å². The van der Waals surface area contributed by atoms with E-state index in [9.17, 15) is 4.79 Å². The third-order valence-electron chi connectivity index (χ3n) is 4.29. The van der Waals surface area contributed by atoms with E-state index in [0.29, 0.717) is 23.9 Å². The minimum Gasteiger partial charge on any atom is -0.294 e. The van der Waals surface area contributed by atoms with Gasteiger partial charge in [-0.05, 0) is 41.5 Å². The van der Waals surface area contributed by atoms with Gasteiger partial charge in [-0.3, -0.25) is 14.3 Å². The first-order valence-corrected chi connectivity index (χ1v) is 8.70. The van der Waals surface area contributed by atoms with Crippen LogP contribution in [0.3, 0.4) is 0 Å². The molecule has 0 unspecified atom stereocenters. The van der Waals surface area contributed by atoms with Crippen molar-refractivity contribution in [1.29, 1.82) is 0 Å². The summed E-state index contributed by atoms with van der Waals surface area (Å²) in [4.78, 5) is 21.2. The summed E-state index contributed by atoms with van der Waals surface area (Å²) >= 11 is 0. The lowest BCUT2D eigenvalue weighted by Gasteiger charge is -2.06. The minimum atomic E-state index is -0.0662. The van der Waals surface area contributed by atoms with Gasteiger partial charge in [0.1, 0.15) is 0 Å². The summed E-state index contributed by atoms with van der Waals surface area (Å²) in [6.45, 7) is 0.466. The van der Waals surface area contributed by atoms with Crippen molar-refractivity contribution in [3.8, 4) is 11.8 Å². The van der Waals surface area contributed by atoms with Crippen LogP contribution in [0.2, 0.25) is 0 Å². The van der Waals surface area contributed by atoms with Gasteiger partial charge >= 0.3 is 0 Å². The molecular weight excluding hydrogens is 334 g/mol. The lowest BCUT2D eigenvalue weighted by molar-refractivity contribution is 0.747. The first-order chi connectivity index (χ1) is 13.3. The van der Waals surface area contributed by atoms with Crippen LogP contribution in [0.1, 0.15) is 16.7 Å². The molecule has 4 aromatic rings. The van der Waals surface area contributed by atoms with Crippen LogP contribution < -0.4 is 5.56 Å². The summed E-state index contributed by atoms with van der Waals surface area (Å²) in [6, 6.07) is 19.5. The third kappa shape index (κ3) is 3.94. The number of aromatic nitrogens is 3. The molecule has 4 nitrogen and oxygen atoms in total. The van der Waals surface area contributed by atoms with E-state index in [2.05, 4.69) is 33.9 Å². The van der Waals surface area contributed by atoms with Crippen LogP contribution >= 0.6 is 0 Å². The monoisotopic (exact) mass is 351 g/mol. The van der Waals surface area contributed by atoms with E-state index in [1.54, 1.807) is 23.3 Å². The summed E-state index contributed by atoms with van der Waals surface area (Å²) in [5.41, 5.74) is 3.61. The molecule has 2 heterocycles. The maximum absolute atomic E-state index is 12.8. The number of nitrogens with zero attached hydrogens (tertiary/aromatic N) is 3. The molecule has 4 heteroatoms. The van der Waals surface area contributed by atoms with Crippen molar-refractivity contribution in [1.82, 2.24) is 14.5 Å². The summed E-state index contributed by atoms with van der Waals surface area (Å²) < 4.78 is 1.61. The van der Waals surface area contributed by atoms with E-state index in [1.807, 2.05) is 48.5 Å². The van der Waals surface area contributed by atoms with Crippen molar-refractivity contribution in [2.75, 3.05) is 0 Å². The highest BCUT2D eigenvalue weighted by Gasteiger charge is 2.05. The van der Waals surface area contributed by atoms with Crippen LogP contribution in [0.4, 0.5) is 0 Å². The van der Waals surface area contributed by atoms with Gasteiger partial charge in [0.05, 0.1) is 23.8 Å². The van der Waals surface area contributed by atoms with Crippen LogP contribution in [-0.4, -0.2) is 14.5 Å². The number of pyridine rings is 1. The smallest absolute Gasteiger partial charge is 0.261 e. The zero-order valence-corrected chi connectivity index (χ0v) is 14.7. The predicted molar refractivity (Wildman–Crippen MR) is 106 cm³/mol. The first-order valence-electron chi connectivity index (χ1n) is 8.70. The Balaban J connectivity index is 1.63. The molecule has 2 aromatic carbocycles. The quantitative estimate of drug-likeness (QED) is 0.531. The van der Waals surface area contributed by atoms with Gasteiger partial charge in [-0.1, -0.05) is 42.2 Å². The van der Waals surface area contributed by atoms with Crippen molar-refractivity contribution < 1.29 is 0 Å². The van der Waals surface area contributed by atoms with Gasteiger partial charge in [0, 0.05) is 24.4 Å². The molecule has 0 radical (unpaired) electrons. The molecule has 0 bridgehead atoms.